The van der Waals surface area contributed by atoms with Crippen molar-refractivity contribution in [2.75, 3.05) is 37.5 Å². The number of rotatable bonds is 13. The van der Waals surface area contributed by atoms with Crippen LogP contribution in [0.4, 0.5) is 11.4 Å². The Labute approximate surface area is 237 Å². The molecule has 39 heavy (non-hydrogen) atoms. The van der Waals surface area contributed by atoms with Crippen molar-refractivity contribution in [3.05, 3.63) is 109 Å². The summed E-state index contributed by atoms with van der Waals surface area (Å²) in [4.78, 5) is 7.03. The van der Waals surface area contributed by atoms with Crippen molar-refractivity contribution < 1.29 is 0 Å². The van der Waals surface area contributed by atoms with Crippen LogP contribution in [-0.4, -0.2) is 32.6 Å². The first kappa shape index (κ1) is 28.7. The van der Waals surface area contributed by atoms with Gasteiger partial charge in [-0.1, -0.05) is 80.4 Å². The third-order valence-electron chi connectivity index (χ3n) is 8.06. The van der Waals surface area contributed by atoms with Crippen LogP contribution in [-0.2, 0) is 13.1 Å². The minimum Gasteiger partial charge on any atom is -0.378 e. The lowest BCUT2D eigenvalue weighted by molar-refractivity contribution is 0.323. The minimum atomic E-state index is 0.568. The molecule has 0 amide bonds. The van der Waals surface area contributed by atoms with E-state index >= 15 is 0 Å². The molecule has 0 spiro atoms. The molecular weight excluding hydrogens is 474 g/mol. The average molecular weight is 522 g/mol. The number of nitrogens with zero attached hydrogens (tertiary/aromatic N) is 3. The third kappa shape index (κ3) is 8.10. The van der Waals surface area contributed by atoms with E-state index < -0.39 is 0 Å². The SMILES string of the molecule is C=CCCCN(C)Cc1cccc(N(Cc2ccc(-c3ccc(N(C)C)cc3)cc2)C(=C)C2CCCCC2)c1. The maximum absolute atomic E-state index is 4.68. The predicted octanol–water partition coefficient (Wildman–Crippen LogP) is 8.92. The van der Waals surface area contributed by atoms with Gasteiger partial charge in [0.05, 0.1) is 0 Å². The van der Waals surface area contributed by atoms with E-state index in [-0.39, 0.29) is 0 Å². The first-order valence-electron chi connectivity index (χ1n) is 14.7. The molecule has 1 aliphatic carbocycles. The zero-order valence-electron chi connectivity index (χ0n) is 24.4. The van der Waals surface area contributed by atoms with E-state index in [9.17, 15) is 0 Å². The van der Waals surface area contributed by atoms with Crippen molar-refractivity contribution in [3.8, 4) is 11.1 Å². The Kier molecular flexibility index (Phi) is 10.4. The van der Waals surface area contributed by atoms with Crippen molar-refractivity contribution in [1.82, 2.24) is 4.90 Å². The number of unbranched alkanes of at least 4 members (excludes halogenated alkanes) is 1. The van der Waals surface area contributed by atoms with Crippen molar-refractivity contribution in [2.45, 2.75) is 58.0 Å². The van der Waals surface area contributed by atoms with Crippen molar-refractivity contribution >= 4 is 11.4 Å². The van der Waals surface area contributed by atoms with Gasteiger partial charge < -0.3 is 14.7 Å². The van der Waals surface area contributed by atoms with Crippen LogP contribution in [0, 0.1) is 5.92 Å². The Morgan fingerprint density at radius 3 is 2.10 bits per heavy atom. The maximum Gasteiger partial charge on any atom is 0.0478 e. The van der Waals surface area contributed by atoms with E-state index in [0.717, 1.165) is 32.5 Å². The highest BCUT2D eigenvalue weighted by Gasteiger charge is 2.22. The highest BCUT2D eigenvalue weighted by Crippen LogP contribution is 2.35. The molecule has 1 saturated carbocycles. The van der Waals surface area contributed by atoms with E-state index in [2.05, 4.69) is 122 Å². The van der Waals surface area contributed by atoms with Gasteiger partial charge in [-0.05, 0) is 91.7 Å². The summed E-state index contributed by atoms with van der Waals surface area (Å²) in [6.07, 6.45) is 10.7. The van der Waals surface area contributed by atoms with Gasteiger partial charge in [-0.25, -0.2) is 0 Å². The van der Waals surface area contributed by atoms with Crippen molar-refractivity contribution in [2.24, 2.45) is 5.92 Å². The molecule has 0 aromatic heterocycles. The molecule has 0 N–H and O–H groups in total. The molecule has 1 aliphatic rings. The zero-order chi connectivity index (χ0) is 27.6. The molecule has 3 heteroatoms. The Morgan fingerprint density at radius 2 is 1.46 bits per heavy atom. The van der Waals surface area contributed by atoms with Gasteiger partial charge in [0.2, 0.25) is 0 Å². The molecular formula is C36H47N3. The molecule has 3 aromatic carbocycles. The second-order valence-corrected chi connectivity index (χ2v) is 11.4. The molecule has 0 aliphatic heterocycles. The predicted molar refractivity (Wildman–Crippen MR) is 170 cm³/mol. The summed E-state index contributed by atoms with van der Waals surface area (Å²) < 4.78 is 0. The summed E-state index contributed by atoms with van der Waals surface area (Å²) in [5, 5.41) is 0. The summed E-state index contributed by atoms with van der Waals surface area (Å²) in [5.74, 6) is 0.568. The monoisotopic (exact) mass is 521 g/mol. The van der Waals surface area contributed by atoms with Crippen LogP contribution in [0.3, 0.4) is 0 Å². The maximum atomic E-state index is 4.68. The van der Waals surface area contributed by atoms with E-state index in [4.69, 9.17) is 0 Å². The molecule has 3 aromatic rings. The summed E-state index contributed by atoms with van der Waals surface area (Å²) in [6, 6.07) is 27.0. The lowest BCUT2D eigenvalue weighted by Gasteiger charge is -2.34. The summed E-state index contributed by atoms with van der Waals surface area (Å²) in [5.41, 5.74) is 8.92. The molecule has 206 valence electrons. The minimum absolute atomic E-state index is 0.568. The molecule has 0 unspecified atom stereocenters. The fourth-order valence-corrected chi connectivity index (χ4v) is 5.67. The highest BCUT2D eigenvalue weighted by atomic mass is 15.1. The number of hydrogen-bond donors (Lipinski definition) is 0. The first-order valence-corrected chi connectivity index (χ1v) is 14.7. The van der Waals surface area contributed by atoms with Crippen LogP contribution in [0.15, 0.2) is 97.7 Å². The Bertz CT molecular complexity index is 1190. The molecule has 0 radical (unpaired) electrons. The summed E-state index contributed by atoms with van der Waals surface area (Å²) in [7, 11) is 6.37. The summed E-state index contributed by atoms with van der Waals surface area (Å²) >= 11 is 0. The lowest BCUT2D eigenvalue weighted by atomic mass is 9.86. The van der Waals surface area contributed by atoms with Crippen molar-refractivity contribution in [3.63, 3.8) is 0 Å². The van der Waals surface area contributed by atoms with Gasteiger partial charge in [-0.15, -0.1) is 6.58 Å². The molecule has 0 atom stereocenters. The quantitative estimate of drug-likeness (QED) is 0.164. The topological polar surface area (TPSA) is 9.72 Å². The number of anilines is 2. The van der Waals surface area contributed by atoms with Crippen LogP contribution in [0.1, 0.15) is 56.1 Å². The van der Waals surface area contributed by atoms with Crippen LogP contribution in [0.5, 0.6) is 0 Å². The van der Waals surface area contributed by atoms with Gasteiger partial charge in [0.15, 0.2) is 0 Å². The fraction of sp³-hybridized carbons (Fsp3) is 0.389. The van der Waals surface area contributed by atoms with Gasteiger partial charge in [0.1, 0.15) is 0 Å². The van der Waals surface area contributed by atoms with Crippen molar-refractivity contribution in [1.29, 1.82) is 0 Å². The summed E-state index contributed by atoms with van der Waals surface area (Å²) in [6.45, 7) is 11.4. The van der Waals surface area contributed by atoms with Crippen LogP contribution < -0.4 is 9.80 Å². The van der Waals surface area contributed by atoms with Crippen LogP contribution in [0.2, 0.25) is 0 Å². The van der Waals surface area contributed by atoms with E-state index in [1.165, 1.54) is 71.4 Å². The molecule has 0 heterocycles. The van der Waals surface area contributed by atoms with Gasteiger partial charge in [0, 0.05) is 44.3 Å². The molecule has 3 nitrogen and oxygen atoms in total. The molecule has 4 rings (SSSR count). The van der Waals surface area contributed by atoms with Gasteiger partial charge in [-0.3, -0.25) is 0 Å². The van der Waals surface area contributed by atoms with E-state index in [0.29, 0.717) is 5.92 Å². The standard InChI is InChI=1S/C36H47N3/c1-6-7-11-25-38(5)27-31-13-12-16-36(26-31)39(29(2)32-14-9-8-10-15-32)28-30-17-19-33(20-18-30)34-21-23-35(24-22-34)37(3)4/h6,12-13,16-24,26,32H,1-2,7-11,14-15,25,27-28H2,3-5H3. The second kappa shape index (κ2) is 14.2. The van der Waals surface area contributed by atoms with E-state index in [1.54, 1.807) is 0 Å². The Hall–Kier alpha value is -3.30. The zero-order valence-corrected chi connectivity index (χ0v) is 24.4. The first-order chi connectivity index (χ1) is 18.9. The van der Waals surface area contributed by atoms with Crippen LogP contribution >= 0.6 is 0 Å². The van der Waals surface area contributed by atoms with Gasteiger partial charge in [-0.2, -0.15) is 0 Å². The normalized spacial score (nSPS) is 13.8. The Balaban J connectivity index is 1.53. The smallest absolute Gasteiger partial charge is 0.0478 e. The second-order valence-electron chi connectivity index (χ2n) is 11.4. The number of allylic oxidation sites excluding steroid dienone is 2. The van der Waals surface area contributed by atoms with Gasteiger partial charge >= 0.3 is 0 Å². The fourth-order valence-electron chi connectivity index (χ4n) is 5.67. The molecule has 0 saturated heterocycles. The average Bonchev–Trinajstić information content (AvgIpc) is 2.96. The lowest BCUT2D eigenvalue weighted by Crippen LogP contribution is -2.27. The number of benzene rings is 3. The number of hydrogen-bond acceptors (Lipinski definition) is 3. The highest BCUT2D eigenvalue weighted by molar-refractivity contribution is 5.66. The largest absolute Gasteiger partial charge is 0.378 e. The third-order valence-corrected chi connectivity index (χ3v) is 8.06. The van der Waals surface area contributed by atoms with E-state index in [1.807, 2.05) is 6.08 Å². The molecule has 0 bridgehead atoms. The Morgan fingerprint density at radius 1 is 0.795 bits per heavy atom. The molecule has 1 fully saturated rings. The van der Waals surface area contributed by atoms with Crippen LogP contribution in [0.25, 0.3) is 11.1 Å². The van der Waals surface area contributed by atoms with Gasteiger partial charge in [0.25, 0.3) is 0 Å².